The van der Waals surface area contributed by atoms with Gasteiger partial charge in [-0.1, -0.05) is 6.92 Å². The van der Waals surface area contributed by atoms with Gasteiger partial charge in [-0.05, 0) is 0 Å². The van der Waals surface area contributed by atoms with E-state index in [1.807, 2.05) is 6.92 Å². The van der Waals surface area contributed by atoms with Gasteiger partial charge < -0.3 is 24.4 Å². The lowest BCUT2D eigenvalue weighted by molar-refractivity contribution is -0.527. The highest BCUT2D eigenvalue weighted by atomic mass is 16.9. The van der Waals surface area contributed by atoms with Crippen molar-refractivity contribution in [2.24, 2.45) is 5.92 Å². The maximum Gasteiger partial charge on any atom is 0.281 e. The summed E-state index contributed by atoms with van der Waals surface area (Å²) in [6.07, 6.45) is -2.67. The third-order valence-corrected chi connectivity index (χ3v) is 3.43. The van der Waals surface area contributed by atoms with Crippen LogP contribution >= 0.6 is 0 Å². The Labute approximate surface area is 81.6 Å². The van der Waals surface area contributed by atoms with Gasteiger partial charge in [-0.3, -0.25) is 0 Å². The molecule has 4 unspecified atom stereocenters. The second-order valence-corrected chi connectivity index (χ2v) is 4.45. The van der Waals surface area contributed by atoms with Gasteiger partial charge in [0.05, 0.1) is 12.2 Å². The van der Waals surface area contributed by atoms with Crippen LogP contribution in [-0.2, 0) is 14.2 Å². The summed E-state index contributed by atoms with van der Waals surface area (Å²) in [5.41, 5.74) is 0. The lowest BCUT2D eigenvalue weighted by atomic mass is 9.77. The van der Waals surface area contributed by atoms with E-state index in [4.69, 9.17) is 14.2 Å². The van der Waals surface area contributed by atoms with E-state index in [2.05, 4.69) is 0 Å². The van der Waals surface area contributed by atoms with E-state index < -0.39 is 24.3 Å². The monoisotopic (exact) mass is 202 g/mol. The molecule has 3 saturated heterocycles. The quantitative estimate of drug-likeness (QED) is 0.539. The zero-order valence-electron chi connectivity index (χ0n) is 8.08. The Balaban J connectivity index is 2.00. The molecule has 1 aliphatic carbocycles. The van der Waals surface area contributed by atoms with Gasteiger partial charge in [0.1, 0.15) is 18.3 Å². The maximum atomic E-state index is 9.82. The summed E-state index contributed by atoms with van der Waals surface area (Å²) in [7, 11) is 0. The van der Waals surface area contributed by atoms with Crippen molar-refractivity contribution in [3.05, 3.63) is 0 Å². The Bertz CT molecular complexity index is 215. The van der Waals surface area contributed by atoms with Gasteiger partial charge in [0.15, 0.2) is 0 Å². The minimum Gasteiger partial charge on any atom is -0.388 e. The second-order valence-electron chi connectivity index (χ2n) is 4.45. The number of hydrogen-bond donors (Lipinski definition) is 2. The highest BCUT2D eigenvalue weighted by Gasteiger charge is 2.63. The molecule has 0 radical (unpaired) electrons. The van der Waals surface area contributed by atoms with Crippen LogP contribution in [0, 0.1) is 5.92 Å². The van der Waals surface area contributed by atoms with E-state index in [9.17, 15) is 10.2 Å². The summed E-state index contributed by atoms with van der Waals surface area (Å²) in [4.78, 5) is 0. The van der Waals surface area contributed by atoms with Crippen molar-refractivity contribution >= 4 is 0 Å². The zero-order chi connectivity index (χ0) is 10.1. The van der Waals surface area contributed by atoms with Crippen molar-refractivity contribution in [1.82, 2.24) is 0 Å². The molecule has 1 saturated carbocycles. The van der Waals surface area contributed by atoms with Crippen LogP contribution < -0.4 is 0 Å². The largest absolute Gasteiger partial charge is 0.388 e. The molecule has 0 amide bonds. The van der Waals surface area contributed by atoms with Gasteiger partial charge >= 0.3 is 0 Å². The molecule has 3 aliphatic heterocycles. The van der Waals surface area contributed by atoms with Gasteiger partial charge in [-0.25, -0.2) is 0 Å². The highest BCUT2D eigenvalue weighted by molar-refractivity contribution is 5.05. The van der Waals surface area contributed by atoms with E-state index >= 15 is 0 Å². The van der Waals surface area contributed by atoms with Crippen molar-refractivity contribution in [2.45, 2.75) is 50.3 Å². The number of aliphatic hydroxyl groups is 2. The highest BCUT2D eigenvalue weighted by Crippen LogP contribution is 2.47. The minimum atomic E-state index is -1.08. The first-order valence-corrected chi connectivity index (χ1v) is 4.91. The second kappa shape index (κ2) is 2.48. The van der Waals surface area contributed by atoms with Crippen molar-refractivity contribution in [2.75, 3.05) is 0 Å². The molecule has 0 aromatic carbocycles. The van der Waals surface area contributed by atoms with Crippen LogP contribution in [0.4, 0.5) is 0 Å². The van der Waals surface area contributed by atoms with Crippen LogP contribution in [0.2, 0.25) is 0 Å². The summed E-state index contributed by atoms with van der Waals surface area (Å²) < 4.78 is 16.3. The molecule has 4 fully saturated rings. The standard InChI is InChI=1S/C9H14O5/c1-3-6-4(10)8-5(11)7(3)13-9(2,12-6)14-8/h3-8,10-11H,1-2H3/t3-,4?,5?,6-,7?,8+,9?/m1/s1. The number of aliphatic hydroxyl groups excluding tert-OH is 2. The first-order chi connectivity index (χ1) is 6.52. The number of hydrogen-bond acceptors (Lipinski definition) is 5. The lowest BCUT2D eigenvalue weighted by Crippen LogP contribution is -2.75. The predicted octanol–water partition coefficient (Wildman–Crippen LogP) is -0.786. The molecular weight excluding hydrogens is 188 g/mol. The molecule has 4 aliphatic rings. The number of rotatable bonds is 0. The third-order valence-electron chi connectivity index (χ3n) is 3.43. The summed E-state index contributed by atoms with van der Waals surface area (Å²) >= 11 is 0. The SMILES string of the molecule is C[C@H]1C2OC3(C)O[C@H](C2O)C(O)[C@@H]1O3. The summed E-state index contributed by atoms with van der Waals surface area (Å²) in [6.45, 7) is 3.58. The fourth-order valence-corrected chi connectivity index (χ4v) is 2.70. The van der Waals surface area contributed by atoms with E-state index in [0.717, 1.165) is 0 Å². The molecule has 4 bridgehead atoms. The normalized spacial score (nSPS) is 66.0. The van der Waals surface area contributed by atoms with Crippen molar-refractivity contribution in [3.63, 3.8) is 0 Å². The maximum absolute atomic E-state index is 9.82. The van der Waals surface area contributed by atoms with Crippen LogP contribution in [0.3, 0.4) is 0 Å². The average molecular weight is 202 g/mol. The zero-order valence-corrected chi connectivity index (χ0v) is 8.08. The molecule has 2 N–H and O–H groups in total. The summed E-state index contributed by atoms with van der Waals surface area (Å²) in [6, 6.07) is 0. The van der Waals surface area contributed by atoms with Gasteiger partial charge in [0, 0.05) is 12.8 Å². The van der Waals surface area contributed by atoms with Gasteiger partial charge in [-0.2, -0.15) is 0 Å². The van der Waals surface area contributed by atoms with Crippen LogP contribution in [0.15, 0.2) is 0 Å². The molecule has 5 nitrogen and oxygen atoms in total. The van der Waals surface area contributed by atoms with Crippen molar-refractivity contribution < 1.29 is 24.4 Å². The molecule has 14 heavy (non-hydrogen) atoms. The smallest absolute Gasteiger partial charge is 0.281 e. The van der Waals surface area contributed by atoms with E-state index in [0.29, 0.717) is 0 Å². The average Bonchev–Trinajstić information content (AvgIpc) is 2.14. The topological polar surface area (TPSA) is 68.2 Å². The fourth-order valence-electron chi connectivity index (χ4n) is 2.70. The van der Waals surface area contributed by atoms with E-state index in [-0.39, 0.29) is 18.1 Å². The van der Waals surface area contributed by atoms with Gasteiger partial charge in [-0.15, -0.1) is 0 Å². The third kappa shape index (κ3) is 0.914. The molecule has 0 spiro atoms. The Hall–Kier alpha value is -0.200. The Morgan fingerprint density at radius 2 is 1.36 bits per heavy atom. The molecule has 5 heteroatoms. The fraction of sp³-hybridized carbons (Fsp3) is 1.00. The lowest BCUT2D eigenvalue weighted by Gasteiger charge is -2.60. The predicted molar refractivity (Wildman–Crippen MR) is 44.2 cm³/mol. The molecule has 80 valence electrons. The van der Waals surface area contributed by atoms with E-state index in [1.165, 1.54) is 0 Å². The summed E-state index contributed by atoms with van der Waals surface area (Å²) in [5.74, 6) is -1.08. The Morgan fingerprint density at radius 3 is 1.86 bits per heavy atom. The molecule has 3 heterocycles. The number of ether oxygens (including phenoxy) is 3. The van der Waals surface area contributed by atoms with Gasteiger partial charge in [0.25, 0.3) is 5.97 Å². The van der Waals surface area contributed by atoms with Gasteiger partial charge in [0.2, 0.25) is 0 Å². The summed E-state index contributed by atoms with van der Waals surface area (Å²) in [5, 5.41) is 19.6. The Morgan fingerprint density at radius 1 is 0.929 bits per heavy atom. The molecule has 4 rings (SSSR count). The molecular formula is C9H14O5. The minimum absolute atomic E-state index is 0.00627. The van der Waals surface area contributed by atoms with Crippen LogP contribution in [0.1, 0.15) is 13.8 Å². The van der Waals surface area contributed by atoms with Crippen LogP contribution in [0.5, 0.6) is 0 Å². The van der Waals surface area contributed by atoms with Crippen LogP contribution in [0.25, 0.3) is 0 Å². The van der Waals surface area contributed by atoms with Crippen molar-refractivity contribution in [3.8, 4) is 0 Å². The van der Waals surface area contributed by atoms with Crippen molar-refractivity contribution in [1.29, 1.82) is 0 Å². The first kappa shape index (κ1) is 9.06. The Kier molecular flexibility index (Phi) is 1.61. The van der Waals surface area contributed by atoms with E-state index in [1.54, 1.807) is 6.92 Å². The molecule has 0 aromatic rings. The van der Waals surface area contributed by atoms with Crippen LogP contribution in [-0.4, -0.2) is 46.7 Å². The molecule has 0 aromatic heterocycles. The first-order valence-electron chi connectivity index (χ1n) is 4.91. The molecule has 7 atom stereocenters.